The van der Waals surface area contributed by atoms with E-state index in [1.54, 1.807) is 55.5 Å². The van der Waals surface area contributed by atoms with Crippen LogP contribution in [0.15, 0.2) is 48.0 Å². The molecule has 0 unspecified atom stereocenters. The van der Waals surface area contributed by atoms with Gasteiger partial charge in [-0.3, -0.25) is 4.79 Å². The second-order valence-electron chi connectivity index (χ2n) is 6.12. The van der Waals surface area contributed by atoms with Gasteiger partial charge in [-0.05, 0) is 62.2 Å². The Hall–Kier alpha value is -3.30. The lowest BCUT2D eigenvalue weighted by Gasteiger charge is -2.15. The van der Waals surface area contributed by atoms with Crippen LogP contribution in [0.4, 0.5) is 5.69 Å². The molecule has 0 heterocycles. The summed E-state index contributed by atoms with van der Waals surface area (Å²) in [5.74, 6) is -0.721. The van der Waals surface area contributed by atoms with E-state index in [0.717, 1.165) is 0 Å². The Balaban J connectivity index is 2.05. The number of carbonyl (C=O) groups excluding carboxylic acids is 2. The number of rotatable bonds is 7. The summed E-state index contributed by atoms with van der Waals surface area (Å²) in [4.78, 5) is 24.6. The zero-order valence-electron chi connectivity index (χ0n) is 16.4. The highest BCUT2D eigenvalue weighted by atomic mass is 35.5. The molecule has 0 radical (unpaired) electrons. The predicted molar refractivity (Wildman–Crippen MR) is 112 cm³/mol. The van der Waals surface area contributed by atoms with Crippen molar-refractivity contribution in [3.05, 3.63) is 64.2 Å². The van der Waals surface area contributed by atoms with Crippen LogP contribution in [0.25, 0.3) is 6.08 Å². The molecular formula is C22H21ClN2O4. The minimum absolute atomic E-state index is 0.215. The Labute approximate surface area is 174 Å². The van der Waals surface area contributed by atoms with Gasteiger partial charge in [-0.25, -0.2) is 4.79 Å². The Morgan fingerprint density at radius 3 is 2.55 bits per heavy atom. The standard InChI is InChI=1S/C22H21ClN2O4/c1-4-28-18-10-8-16(9-11-18)12-17(13-24)22(27)29-15(3)21(26)25-20-7-5-6-19(23)14(20)2/h5-12,15H,4H2,1-3H3,(H,25,26)/b17-12+/t15-/m1/s1. The van der Waals surface area contributed by atoms with Crippen molar-refractivity contribution in [1.29, 1.82) is 5.26 Å². The second kappa shape index (κ2) is 10.3. The molecule has 1 N–H and O–H groups in total. The molecule has 0 fully saturated rings. The molecule has 7 heteroatoms. The van der Waals surface area contributed by atoms with Crippen LogP contribution in [-0.2, 0) is 14.3 Å². The normalized spacial score (nSPS) is 11.9. The number of carbonyl (C=O) groups is 2. The van der Waals surface area contributed by atoms with E-state index in [9.17, 15) is 14.9 Å². The summed E-state index contributed by atoms with van der Waals surface area (Å²) in [5.41, 5.74) is 1.64. The largest absolute Gasteiger partial charge is 0.494 e. The number of anilines is 1. The summed E-state index contributed by atoms with van der Waals surface area (Å²) < 4.78 is 10.5. The first kappa shape index (κ1) is 22.0. The van der Waals surface area contributed by atoms with Crippen molar-refractivity contribution in [1.82, 2.24) is 0 Å². The van der Waals surface area contributed by atoms with Crippen molar-refractivity contribution in [3.63, 3.8) is 0 Å². The molecule has 2 aromatic carbocycles. The number of ether oxygens (including phenoxy) is 2. The number of nitriles is 1. The van der Waals surface area contributed by atoms with Crippen LogP contribution in [0.2, 0.25) is 5.02 Å². The Morgan fingerprint density at radius 1 is 1.24 bits per heavy atom. The maximum atomic E-state index is 12.3. The lowest BCUT2D eigenvalue weighted by atomic mass is 10.1. The molecule has 2 rings (SSSR count). The summed E-state index contributed by atoms with van der Waals surface area (Å²) in [7, 11) is 0. The Bertz CT molecular complexity index is 962. The van der Waals surface area contributed by atoms with Crippen LogP contribution in [0, 0.1) is 18.3 Å². The number of nitrogens with zero attached hydrogens (tertiary/aromatic N) is 1. The number of nitrogens with one attached hydrogen (secondary N) is 1. The molecule has 29 heavy (non-hydrogen) atoms. The van der Waals surface area contributed by atoms with E-state index < -0.39 is 18.0 Å². The van der Waals surface area contributed by atoms with E-state index in [0.29, 0.717) is 34.2 Å². The molecule has 0 saturated heterocycles. The summed E-state index contributed by atoms with van der Waals surface area (Å²) >= 11 is 6.04. The number of esters is 1. The quantitative estimate of drug-likeness (QED) is 0.410. The molecule has 0 spiro atoms. The number of benzene rings is 2. The van der Waals surface area contributed by atoms with E-state index in [1.165, 1.54) is 13.0 Å². The number of hydrogen-bond acceptors (Lipinski definition) is 5. The fourth-order valence-corrected chi connectivity index (χ4v) is 2.56. The molecule has 0 aliphatic rings. The van der Waals surface area contributed by atoms with Gasteiger partial charge in [-0.1, -0.05) is 29.8 Å². The molecule has 1 amide bonds. The van der Waals surface area contributed by atoms with E-state index in [2.05, 4.69) is 5.32 Å². The van der Waals surface area contributed by atoms with Gasteiger partial charge in [0.05, 0.1) is 6.61 Å². The average molecular weight is 413 g/mol. The molecule has 0 aromatic heterocycles. The average Bonchev–Trinajstić information content (AvgIpc) is 2.70. The van der Waals surface area contributed by atoms with Crippen molar-refractivity contribution in [2.75, 3.05) is 11.9 Å². The van der Waals surface area contributed by atoms with E-state index in [-0.39, 0.29) is 5.57 Å². The highest BCUT2D eigenvalue weighted by Gasteiger charge is 2.21. The maximum Gasteiger partial charge on any atom is 0.349 e. The van der Waals surface area contributed by atoms with Crippen LogP contribution >= 0.6 is 11.6 Å². The molecule has 0 saturated carbocycles. The van der Waals surface area contributed by atoms with E-state index >= 15 is 0 Å². The SMILES string of the molecule is CCOc1ccc(/C=C(\C#N)C(=O)O[C@H](C)C(=O)Nc2cccc(Cl)c2C)cc1. The number of halogens is 1. The molecule has 0 aliphatic heterocycles. The zero-order chi connectivity index (χ0) is 21.4. The van der Waals surface area contributed by atoms with E-state index in [4.69, 9.17) is 21.1 Å². The van der Waals surface area contributed by atoms with Gasteiger partial charge in [0.15, 0.2) is 6.10 Å². The summed E-state index contributed by atoms with van der Waals surface area (Å²) in [6.45, 7) is 5.61. The first-order valence-corrected chi connectivity index (χ1v) is 9.35. The molecule has 0 aliphatic carbocycles. The molecule has 6 nitrogen and oxygen atoms in total. The Kier molecular flexibility index (Phi) is 7.81. The zero-order valence-corrected chi connectivity index (χ0v) is 17.1. The van der Waals surface area contributed by atoms with Crippen molar-refractivity contribution >= 4 is 35.2 Å². The smallest absolute Gasteiger partial charge is 0.349 e. The van der Waals surface area contributed by atoms with Crippen molar-refractivity contribution in [2.45, 2.75) is 26.9 Å². The van der Waals surface area contributed by atoms with Crippen molar-refractivity contribution in [2.24, 2.45) is 0 Å². The molecular weight excluding hydrogens is 392 g/mol. The maximum absolute atomic E-state index is 12.3. The number of hydrogen-bond donors (Lipinski definition) is 1. The van der Waals surface area contributed by atoms with Crippen LogP contribution in [-0.4, -0.2) is 24.6 Å². The second-order valence-corrected chi connectivity index (χ2v) is 6.53. The van der Waals surface area contributed by atoms with Gasteiger partial charge < -0.3 is 14.8 Å². The lowest BCUT2D eigenvalue weighted by molar-refractivity contribution is -0.148. The van der Waals surface area contributed by atoms with Crippen LogP contribution < -0.4 is 10.1 Å². The molecule has 0 bridgehead atoms. The van der Waals surface area contributed by atoms with Crippen LogP contribution in [0.1, 0.15) is 25.0 Å². The van der Waals surface area contributed by atoms with Gasteiger partial charge in [-0.2, -0.15) is 5.26 Å². The minimum atomic E-state index is -1.10. The highest BCUT2D eigenvalue weighted by Crippen LogP contribution is 2.23. The minimum Gasteiger partial charge on any atom is -0.494 e. The van der Waals surface area contributed by atoms with Crippen molar-refractivity contribution < 1.29 is 19.1 Å². The van der Waals surface area contributed by atoms with Gasteiger partial charge in [-0.15, -0.1) is 0 Å². The predicted octanol–water partition coefficient (Wildman–Crippen LogP) is 4.52. The topological polar surface area (TPSA) is 88.4 Å². The third-order valence-electron chi connectivity index (χ3n) is 4.02. The van der Waals surface area contributed by atoms with Gasteiger partial charge in [0, 0.05) is 10.7 Å². The summed E-state index contributed by atoms with van der Waals surface area (Å²) in [6.07, 6.45) is 0.294. The monoisotopic (exact) mass is 412 g/mol. The lowest BCUT2D eigenvalue weighted by Crippen LogP contribution is -2.30. The number of amides is 1. The first-order valence-electron chi connectivity index (χ1n) is 8.97. The van der Waals surface area contributed by atoms with Gasteiger partial charge in [0.2, 0.25) is 0 Å². The fraction of sp³-hybridized carbons (Fsp3) is 0.227. The molecule has 1 atom stereocenters. The van der Waals surface area contributed by atoms with E-state index in [1.807, 2.05) is 6.92 Å². The van der Waals surface area contributed by atoms with Gasteiger partial charge in [0.25, 0.3) is 5.91 Å². The molecule has 2 aromatic rings. The Morgan fingerprint density at radius 2 is 1.93 bits per heavy atom. The molecule has 150 valence electrons. The summed E-state index contributed by atoms with van der Waals surface area (Å²) in [6, 6.07) is 13.8. The van der Waals surface area contributed by atoms with Gasteiger partial charge >= 0.3 is 5.97 Å². The fourth-order valence-electron chi connectivity index (χ4n) is 2.39. The van der Waals surface area contributed by atoms with Crippen LogP contribution in [0.5, 0.6) is 5.75 Å². The van der Waals surface area contributed by atoms with Gasteiger partial charge in [0.1, 0.15) is 17.4 Å². The van der Waals surface area contributed by atoms with Crippen molar-refractivity contribution in [3.8, 4) is 11.8 Å². The van der Waals surface area contributed by atoms with Crippen LogP contribution in [0.3, 0.4) is 0 Å². The highest BCUT2D eigenvalue weighted by molar-refractivity contribution is 6.31. The third kappa shape index (κ3) is 6.09. The summed E-state index contributed by atoms with van der Waals surface area (Å²) in [5, 5.41) is 12.5. The first-order chi connectivity index (χ1) is 13.8. The third-order valence-corrected chi connectivity index (χ3v) is 4.43.